The molecule has 0 aliphatic heterocycles. The van der Waals surface area contributed by atoms with Gasteiger partial charge in [-0.15, -0.1) is 10.2 Å². The van der Waals surface area contributed by atoms with Gasteiger partial charge in [-0.2, -0.15) is 0 Å². The minimum Gasteiger partial charge on any atom is -0.493 e. The van der Waals surface area contributed by atoms with Gasteiger partial charge in [0.2, 0.25) is 16.8 Å². The summed E-state index contributed by atoms with van der Waals surface area (Å²) in [5.41, 5.74) is 0.739. The summed E-state index contributed by atoms with van der Waals surface area (Å²) in [7, 11) is 4.61. The normalized spacial score (nSPS) is 10.6. The molecule has 1 aromatic heterocycles. The standard InChI is InChI=1S/C15H17N3O4S/c1-9-17-18-15(23-9)16-13(19)6-5-10-7-11(20-2)14(22-4)12(8-10)21-3/h5-8H,1-4H3,(H,16,18,19). The molecule has 0 fully saturated rings. The maximum atomic E-state index is 11.9. The minimum atomic E-state index is -0.296. The van der Waals surface area contributed by atoms with Gasteiger partial charge in [0.1, 0.15) is 5.01 Å². The van der Waals surface area contributed by atoms with E-state index in [2.05, 4.69) is 15.5 Å². The molecule has 122 valence electrons. The van der Waals surface area contributed by atoms with Crippen molar-refractivity contribution in [1.29, 1.82) is 0 Å². The van der Waals surface area contributed by atoms with Crippen LogP contribution in [0.25, 0.3) is 6.08 Å². The molecule has 7 nitrogen and oxygen atoms in total. The molecule has 23 heavy (non-hydrogen) atoms. The van der Waals surface area contributed by atoms with Crippen molar-refractivity contribution in [2.45, 2.75) is 6.92 Å². The first-order chi connectivity index (χ1) is 11.1. The number of anilines is 1. The average molecular weight is 335 g/mol. The quantitative estimate of drug-likeness (QED) is 0.817. The van der Waals surface area contributed by atoms with Gasteiger partial charge in [-0.3, -0.25) is 10.1 Å². The van der Waals surface area contributed by atoms with Gasteiger partial charge in [-0.05, 0) is 30.7 Å². The van der Waals surface area contributed by atoms with Crippen molar-refractivity contribution in [3.63, 3.8) is 0 Å². The highest BCUT2D eigenvalue weighted by Crippen LogP contribution is 2.38. The van der Waals surface area contributed by atoms with Gasteiger partial charge in [0.05, 0.1) is 21.3 Å². The SMILES string of the molecule is COc1cc(C=CC(=O)Nc2nnc(C)s2)cc(OC)c1OC. The van der Waals surface area contributed by atoms with Crippen molar-refractivity contribution in [2.24, 2.45) is 0 Å². The summed E-state index contributed by atoms with van der Waals surface area (Å²) < 4.78 is 15.8. The molecule has 0 radical (unpaired) electrons. The van der Waals surface area contributed by atoms with Gasteiger partial charge in [0.15, 0.2) is 11.5 Å². The molecule has 0 atom stereocenters. The number of aryl methyl sites for hydroxylation is 1. The highest BCUT2D eigenvalue weighted by Gasteiger charge is 2.12. The van der Waals surface area contributed by atoms with Crippen LogP contribution in [-0.2, 0) is 4.79 Å². The molecular formula is C15H17N3O4S. The van der Waals surface area contributed by atoms with E-state index in [-0.39, 0.29) is 5.91 Å². The van der Waals surface area contributed by atoms with E-state index >= 15 is 0 Å². The van der Waals surface area contributed by atoms with Crippen LogP contribution in [0.5, 0.6) is 17.2 Å². The summed E-state index contributed by atoms with van der Waals surface area (Å²) in [6.07, 6.45) is 3.05. The van der Waals surface area contributed by atoms with Crippen LogP contribution in [0.3, 0.4) is 0 Å². The van der Waals surface area contributed by atoms with Gasteiger partial charge in [-0.25, -0.2) is 0 Å². The zero-order chi connectivity index (χ0) is 16.8. The summed E-state index contributed by atoms with van der Waals surface area (Å²) in [6.45, 7) is 1.82. The average Bonchev–Trinajstić information content (AvgIpc) is 2.96. The number of rotatable bonds is 6. The van der Waals surface area contributed by atoms with Gasteiger partial charge < -0.3 is 14.2 Å². The molecule has 0 saturated heterocycles. The van der Waals surface area contributed by atoms with Crippen LogP contribution in [0, 0.1) is 6.92 Å². The number of carbonyl (C=O) groups excluding carboxylic acids is 1. The molecule has 0 spiro atoms. The van der Waals surface area contributed by atoms with Crippen LogP contribution in [0.4, 0.5) is 5.13 Å². The number of hydrogen-bond donors (Lipinski definition) is 1. The van der Waals surface area contributed by atoms with Crippen molar-refractivity contribution < 1.29 is 19.0 Å². The Morgan fingerprint density at radius 1 is 1.13 bits per heavy atom. The summed E-state index contributed by atoms with van der Waals surface area (Å²) in [4.78, 5) is 11.9. The Balaban J connectivity index is 2.16. The van der Waals surface area contributed by atoms with Crippen molar-refractivity contribution in [1.82, 2.24) is 10.2 Å². The highest BCUT2D eigenvalue weighted by atomic mass is 32.1. The van der Waals surface area contributed by atoms with Crippen molar-refractivity contribution in [3.05, 3.63) is 28.8 Å². The van der Waals surface area contributed by atoms with Crippen molar-refractivity contribution in [3.8, 4) is 17.2 Å². The molecule has 0 bridgehead atoms. The van der Waals surface area contributed by atoms with E-state index in [0.29, 0.717) is 22.4 Å². The number of hydrogen-bond acceptors (Lipinski definition) is 7. The second kappa shape index (κ2) is 7.59. The summed E-state index contributed by atoms with van der Waals surface area (Å²) in [6, 6.07) is 3.50. The molecule has 1 amide bonds. The Morgan fingerprint density at radius 3 is 2.26 bits per heavy atom. The summed E-state index contributed by atoms with van der Waals surface area (Å²) in [5.74, 6) is 1.24. The third-order valence-corrected chi connectivity index (χ3v) is 3.62. The number of methoxy groups -OCH3 is 3. The van der Waals surface area contributed by atoms with Gasteiger partial charge in [0.25, 0.3) is 0 Å². The van der Waals surface area contributed by atoms with Crippen LogP contribution < -0.4 is 19.5 Å². The van der Waals surface area contributed by atoms with E-state index in [0.717, 1.165) is 10.6 Å². The summed E-state index contributed by atoms with van der Waals surface area (Å²) in [5, 5.41) is 11.6. The maximum Gasteiger partial charge on any atom is 0.250 e. The number of nitrogens with zero attached hydrogens (tertiary/aromatic N) is 2. The monoisotopic (exact) mass is 335 g/mol. The van der Waals surface area contributed by atoms with E-state index in [1.54, 1.807) is 18.2 Å². The lowest BCUT2D eigenvalue weighted by molar-refractivity contribution is -0.111. The van der Waals surface area contributed by atoms with Crippen LogP contribution in [0.15, 0.2) is 18.2 Å². The number of nitrogens with one attached hydrogen (secondary N) is 1. The highest BCUT2D eigenvalue weighted by molar-refractivity contribution is 7.15. The third-order valence-electron chi connectivity index (χ3n) is 2.87. The van der Waals surface area contributed by atoms with Crippen LogP contribution in [0.1, 0.15) is 10.6 Å². The fourth-order valence-electron chi connectivity index (χ4n) is 1.86. The molecule has 0 unspecified atom stereocenters. The Hall–Kier alpha value is -2.61. The molecule has 2 aromatic rings. The lowest BCUT2D eigenvalue weighted by Gasteiger charge is -2.12. The van der Waals surface area contributed by atoms with E-state index in [1.807, 2.05) is 6.92 Å². The topological polar surface area (TPSA) is 82.6 Å². The first kappa shape index (κ1) is 16.8. The fourth-order valence-corrected chi connectivity index (χ4v) is 2.46. The predicted octanol–water partition coefficient (Wildman–Crippen LogP) is 2.52. The van der Waals surface area contributed by atoms with E-state index in [1.165, 1.54) is 38.7 Å². The number of aromatic nitrogens is 2. The number of ether oxygens (including phenoxy) is 3. The molecule has 8 heteroatoms. The second-order valence-corrected chi connectivity index (χ2v) is 5.59. The molecular weight excluding hydrogens is 318 g/mol. The molecule has 2 rings (SSSR count). The van der Waals surface area contributed by atoms with E-state index in [4.69, 9.17) is 14.2 Å². The van der Waals surface area contributed by atoms with Gasteiger partial charge >= 0.3 is 0 Å². The smallest absolute Gasteiger partial charge is 0.250 e. The molecule has 1 aromatic carbocycles. The number of benzene rings is 1. The zero-order valence-corrected chi connectivity index (χ0v) is 14.1. The first-order valence-corrected chi connectivity index (χ1v) is 7.48. The van der Waals surface area contributed by atoms with Crippen LogP contribution >= 0.6 is 11.3 Å². The van der Waals surface area contributed by atoms with Crippen molar-refractivity contribution >= 4 is 28.5 Å². The third kappa shape index (κ3) is 4.19. The molecule has 1 heterocycles. The number of carbonyl (C=O) groups is 1. The van der Waals surface area contributed by atoms with Crippen molar-refractivity contribution in [2.75, 3.05) is 26.6 Å². The maximum absolute atomic E-state index is 11.9. The molecule has 0 saturated carbocycles. The molecule has 0 aliphatic carbocycles. The largest absolute Gasteiger partial charge is 0.493 e. The Morgan fingerprint density at radius 2 is 1.78 bits per heavy atom. The molecule has 1 N–H and O–H groups in total. The number of amides is 1. The minimum absolute atomic E-state index is 0.296. The fraction of sp³-hybridized carbons (Fsp3) is 0.267. The lowest BCUT2D eigenvalue weighted by atomic mass is 10.1. The predicted molar refractivity (Wildman–Crippen MR) is 88.4 cm³/mol. The second-order valence-electron chi connectivity index (χ2n) is 4.41. The van der Waals surface area contributed by atoms with E-state index < -0.39 is 0 Å². The molecule has 0 aliphatic rings. The lowest BCUT2D eigenvalue weighted by Crippen LogP contribution is -2.07. The van der Waals surface area contributed by atoms with Crippen LogP contribution in [-0.4, -0.2) is 37.4 Å². The first-order valence-electron chi connectivity index (χ1n) is 6.66. The summed E-state index contributed by atoms with van der Waals surface area (Å²) >= 11 is 1.31. The Bertz CT molecular complexity index is 702. The Kier molecular flexibility index (Phi) is 5.53. The Labute approximate surface area is 137 Å². The zero-order valence-electron chi connectivity index (χ0n) is 13.2. The van der Waals surface area contributed by atoms with Gasteiger partial charge in [0, 0.05) is 6.08 Å². The van der Waals surface area contributed by atoms with E-state index in [9.17, 15) is 4.79 Å². The van der Waals surface area contributed by atoms with Crippen LogP contribution in [0.2, 0.25) is 0 Å². The van der Waals surface area contributed by atoms with Gasteiger partial charge in [-0.1, -0.05) is 11.3 Å².